The minimum Gasteiger partial charge on any atom is -0.460 e. The summed E-state index contributed by atoms with van der Waals surface area (Å²) in [6, 6.07) is -0.437. The number of aromatic nitrogens is 3. The standard InChI is InChI=1S/C36H54ClFN8O7/c1-33(2,3)51-25(47)11-15-50-21-36-12-10-23(46(36)32(49)53-35(7,8)9)19-45(20-36)29-24-17-40-28(37)26(38)27(24)42-30(43-29)44-14-13-39-22(18-44)16-41-31(48)52-34(4,5)6/h17,22-23,39H,10-16,18-21H2,1-9H3,(H,41,48). The van der Waals surface area contributed by atoms with E-state index in [2.05, 4.69) is 20.6 Å². The lowest BCUT2D eigenvalue weighted by Crippen LogP contribution is -2.66. The molecule has 5 rings (SSSR count). The van der Waals surface area contributed by atoms with Crippen LogP contribution in [0.1, 0.15) is 81.6 Å². The smallest absolute Gasteiger partial charge is 0.411 e. The Morgan fingerprint density at radius 2 is 1.70 bits per heavy atom. The molecule has 0 aliphatic carbocycles. The number of carbonyl (C=O) groups is 3. The molecule has 0 spiro atoms. The number of hydrogen-bond acceptors (Lipinski definition) is 13. The topological polar surface area (TPSA) is 161 Å². The summed E-state index contributed by atoms with van der Waals surface area (Å²) in [5.74, 6) is -0.397. The van der Waals surface area contributed by atoms with Crippen molar-refractivity contribution in [1.82, 2.24) is 30.5 Å². The SMILES string of the molecule is CC(C)(C)OC(=O)CCOCC12CCC(CN(c3nc(N4CCNC(CNC(=O)OC(C)(C)C)C4)nc4c(F)c(Cl)ncc34)C1)N2C(=O)OC(C)(C)C. The Morgan fingerprint density at radius 1 is 1.00 bits per heavy atom. The Balaban J connectivity index is 1.43. The minimum absolute atomic E-state index is 0.0246. The Bertz CT molecular complexity index is 1680. The third-order valence-electron chi connectivity index (χ3n) is 8.91. The summed E-state index contributed by atoms with van der Waals surface area (Å²) in [6.45, 7) is 19.0. The molecule has 3 aliphatic rings. The van der Waals surface area contributed by atoms with Gasteiger partial charge in [-0.2, -0.15) is 4.98 Å². The first kappa shape index (κ1) is 40.4. The van der Waals surface area contributed by atoms with Crippen LogP contribution in [0.3, 0.4) is 0 Å². The van der Waals surface area contributed by atoms with Gasteiger partial charge in [0.2, 0.25) is 5.95 Å². The van der Waals surface area contributed by atoms with E-state index in [1.54, 1.807) is 46.4 Å². The molecule has 3 unspecified atom stereocenters. The second kappa shape index (κ2) is 15.5. The van der Waals surface area contributed by atoms with Crippen LogP contribution in [-0.2, 0) is 23.7 Å². The van der Waals surface area contributed by atoms with Gasteiger partial charge in [-0.3, -0.25) is 9.69 Å². The van der Waals surface area contributed by atoms with Gasteiger partial charge in [0.05, 0.1) is 36.6 Å². The van der Waals surface area contributed by atoms with Crippen LogP contribution in [0.15, 0.2) is 6.20 Å². The second-order valence-corrected chi connectivity index (χ2v) is 17.3. The van der Waals surface area contributed by atoms with Crippen LogP contribution < -0.4 is 20.4 Å². The number of nitrogens with one attached hydrogen (secondary N) is 2. The normalized spacial score (nSPS) is 22.2. The summed E-state index contributed by atoms with van der Waals surface area (Å²) in [4.78, 5) is 58.1. The number of anilines is 2. The van der Waals surface area contributed by atoms with E-state index in [0.717, 1.165) is 0 Å². The highest BCUT2D eigenvalue weighted by molar-refractivity contribution is 6.30. The first-order chi connectivity index (χ1) is 24.6. The average molecular weight is 765 g/mol. The summed E-state index contributed by atoms with van der Waals surface area (Å²) in [5.41, 5.74) is -2.80. The lowest BCUT2D eigenvalue weighted by atomic mass is 9.95. The first-order valence-electron chi connectivity index (χ1n) is 18.2. The molecule has 2 amide bonds. The van der Waals surface area contributed by atoms with Gasteiger partial charge in [0, 0.05) is 51.5 Å². The number of carbonyl (C=O) groups excluding carboxylic acids is 3. The molecule has 3 aliphatic heterocycles. The number of rotatable bonds is 9. The Labute approximate surface area is 315 Å². The number of ether oxygens (including phenoxy) is 4. The maximum atomic E-state index is 15.7. The lowest BCUT2D eigenvalue weighted by Gasteiger charge is -2.49. The monoisotopic (exact) mass is 764 g/mol. The van der Waals surface area contributed by atoms with Gasteiger partial charge in [0.25, 0.3) is 0 Å². The minimum atomic E-state index is -0.845. The second-order valence-electron chi connectivity index (χ2n) is 17.0. The first-order valence-corrected chi connectivity index (χ1v) is 18.5. The summed E-state index contributed by atoms with van der Waals surface area (Å²) < 4.78 is 38.6. The third kappa shape index (κ3) is 10.3. The van der Waals surface area contributed by atoms with Crippen molar-refractivity contribution in [2.24, 2.45) is 0 Å². The predicted molar refractivity (Wildman–Crippen MR) is 198 cm³/mol. The van der Waals surface area contributed by atoms with Crippen molar-refractivity contribution in [3.63, 3.8) is 0 Å². The van der Waals surface area contributed by atoms with Gasteiger partial charge >= 0.3 is 18.2 Å². The quantitative estimate of drug-likeness (QED) is 0.155. The molecule has 0 aromatic carbocycles. The molecule has 0 saturated carbocycles. The number of fused-ring (bicyclic) bond motifs is 3. The molecule has 294 valence electrons. The van der Waals surface area contributed by atoms with Crippen molar-refractivity contribution >= 4 is 52.4 Å². The summed E-state index contributed by atoms with van der Waals surface area (Å²) in [7, 11) is 0. The van der Waals surface area contributed by atoms with Crippen LogP contribution in [0.25, 0.3) is 10.9 Å². The van der Waals surface area contributed by atoms with Crippen LogP contribution in [0.5, 0.6) is 0 Å². The van der Waals surface area contributed by atoms with E-state index in [4.69, 9.17) is 35.5 Å². The molecule has 0 radical (unpaired) electrons. The predicted octanol–water partition coefficient (Wildman–Crippen LogP) is 4.83. The molecule has 3 saturated heterocycles. The van der Waals surface area contributed by atoms with Crippen molar-refractivity contribution in [2.45, 2.75) is 116 Å². The molecule has 2 aromatic heterocycles. The summed E-state index contributed by atoms with van der Waals surface area (Å²) in [5, 5.41) is 6.27. The number of nitrogens with zero attached hydrogens (tertiary/aromatic N) is 6. The number of hydrogen-bond donors (Lipinski definition) is 2. The van der Waals surface area contributed by atoms with E-state index in [1.807, 2.05) is 30.6 Å². The zero-order valence-corrected chi connectivity index (χ0v) is 33.1. The highest BCUT2D eigenvalue weighted by atomic mass is 35.5. The number of amides is 2. The number of alkyl carbamates (subject to hydrolysis) is 1. The molecular formula is C36H54ClFN8O7. The number of piperazine rings is 2. The lowest BCUT2D eigenvalue weighted by molar-refractivity contribution is -0.156. The van der Waals surface area contributed by atoms with Crippen LogP contribution >= 0.6 is 11.6 Å². The third-order valence-corrected chi connectivity index (χ3v) is 9.17. The summed E-state index contributed by atoms with van der Waals surface area (Å²) >= 11 is 6.17. The van der Waals surface area contributed by atoms with Crippen molar-refractivity contribution in [1.29, 1.82) is 0 Å². The molecule has 5 heterocycles. The van der Waals surface area contributed by atoms with Crippen molar-refractivity contribution in [2.75, 3.05) is 62.3 Å². The van der Waals surface area contributed by atoms with E-state index in [0.29, 0.717) is 62.7 Å². The van der Waals surface area contributed by atoms with Crippen molar-refractivity contribution < 1.29 is 37.7 Å². The highest BCUT2D eigenvalue weighted by Gasteiger charge is 2.55. The van der Waals surface area contributed by atoms with Crippen LogP contribution in [0.4, 0.5) is 25.7 Å². The molecule has 17 heteroatoms. The number of pyridine rings is 1. The zero-order chi connectivity index (χ0) is 38.9. The molecular weight excluding hydrogens is 711 g/mol. The Morgan fingerprint density at radius 3 is 2.38 bits per heavy atom. The molecule has 2 aromatic rings. The Hall–Kier alpha value is -3.76. The molecule has 3 fully saturated rings. The molecule has 2 bridgehead atoms. The number of esters is 1. The largest absolute Gasteiger partial charge is 0.460 e. The van der Waals surface area contributed by atoms with E-state index >= 15 is 4.39 Å². The van der Waals surface area contributed by atoms with Crippen LogP contribution in [0, 0.1) is 5.82 Å². The fourth-order valence-electron chi connectivity index (χ4n) is 6.94. The fraction of sp³-hybridized carbons (Fsp3) is 0.722. The van der Waals surface area contributed by atoms with Gasteiger partial charge in [-0.1, -0.05) is 11.6 Å². The number of halogens is 2. The highest BCUT2D eigenvalue weighted by Crippen LogP contribution is 2.43. The van der Waals surface area contributed by atoms with E-state index in [-0.39, 0.29) is 54.9 Å². The molecule has 15 nitrogen and oxygen atoms in total. The van der Waals surface area contributed by atoms with E-state index < -0.39 is 40.3 Å². The van der Waals surface area contributed by atoms with E-state index in [1.165, 1.54) is 6.20 Å². The van der Waals surface area contributed by atoms with Crippen molar-refractivity contribution in [3.05, 3.63) is 17.2 Å². The van der Waals surface area contributed by atoms with Gasteiger partial charge in [0.15, 0.2) is 11.0 Å². The maximum absolute atomic E-state index is 15.7. The zero-order valence-electron chi connectivity index (χ0n) is 32.3. The van der Waals surface area contributed by atoms with Crippen molar-refractivity contribution in [3.8, 4) is 0 Å². The molecule has 2 N–H and O–H groups in total. The van der Waals surface area contributed by atoms with Gasteiger partial charge in [-0.25, -0.2) is 23.9 Å². The average Bonchev–Trinajstić information content (AvgIpc) is 3.27. The van der Waals surface area contributed by atoms with Gasteiger partial charge < -0.3 is 39.4 Å². The molecule has 53 heavy (non-hydrogen) atoms. The molecule has 3 atom stereocenters. The Kier molecular flexibility index (Phi) is 11.9. The van der Waals surface area contributed by atoms with Gasteiger partial charge in [0.1, 0.15) is 28.1 Å². The van der Waals surface area contributed by atoms with E-state index in [9.17, 15) is 14.4 Å². The van der Waals surface area contributed by atoms with Crippen LogP contribution in [-0.4, -0.2) is 125 Å². The maximum Gasteiger partial charge on any atom is 0.411 e. The fourth-order valence-corrected chi connectivity index (χ4v) is 7.08. The van der Waals surface area contributed by atoms with Gasteiger partial charge in [-0.15, -0.1) is 0 Å². The summed E-state index contributed by atoms with van der Waals surface area (Å²) in [6.07, 6.45) is 1.83. The van der Waals surface area contributed by atoms with Gasteiger partial charge in [-0.05, 0) is 75.2 Å². The van der Waals surface area contributed by atoms with Crippen LogP contribution in [0.2, 0.25) is 5.15 Å².